The van der Waals surface area contributed by atoms with Crippen molar-refractivity contribution in [2.75, 3.05) is 0 Å². The lowest BCUT2D eigenvalue weighted by molar-refractivity contribution is -0.421. The van der Waals surface area contributed by atoms with Crippen LogP contribution in [0.2, 0.25) is 0 Å². The molecule has 96 valence electrons. The van der Waals surface area contributed by atoms with Crippen LogP contribution in [0.3, 0.4) is 0 Å². The van der Waals surface area contributed by atoms with Crippen molar-refractivity contribution in [1.29, 1.82) is 5.26 Å². The summed E-state index contributed by atoms with van der Waals surface area (Å²) in [6.45, 7) is 3.86. The van der Waals surface area contributed by atoms with Crippen molar-refractivity contribution in [3.8, 4) is 6.07 Å². The highest BCUT2D eigenvalue weighted by Gasteiger charge is 3.00. The number of carbonyl (C=O) groups is 1. The first kappa shape index (κ1) is 11.4. The molecule has 0 heterocycles. The summed E-state index contributed by atoms with van der Waals surface area (Å²) in [7, 11) is 0. The van der Waals surface area contributed by atoms with Crippen molar-refractivity contribution >= 4 is 29.1 Å². The Morgan fingerprint density at radius 1 is 1.28 bits per heavy atom. The summed E-state index contributed by atoms with van der Waals surface area (Å²) in [6, 6.07) is 2.54. The smallest absolute Gasteiger partial charge is 0.241 e. The fraction of sp³-hybridized carbons (Fsp3) is 0.846. The lowest BCUT2D eigenvalue weighted by Gasteiger charge is -2.93. The highest BCUT2D eigenvalue weighted by Crippen LogP contribution is 2.95. The molecule has 18 heavy (non-hydrogen) atoms. The van der Waals surface area contributed by atoms with Crippen LogP contribution in [0, 0.1) is 46.3 Å². The maximum absolute atomic E-state index is 12.3. The van der Waals surface area contributed by atoms with Crippen molar-refractivity contribution < 1.29 is 4.79 Å². The van der Waals surface area contributed by atoms with E-state index in [-0.39, 0.29) is 46.4 Å². The largest absolute Gasteiger partial charge is 0.352 e. The third-order valence-electron chi connectivity index (χ3n) is 5.82. The van der Waals surface area contributed by atoms with Gasteiger partial charge in [0.25, 0.3) is 0 Å². The van der Waals surface area contributed by atoms with E-state index in [0.717, 1.165) is 0 Å². The summed E-state index contributed by atoms with van der Waals surface area (Å²) in [4.78, 5) is 11.5. The molecule has 0 radical (unpaired) electrons. The molecule has 4 aliphatic rings. The summed E-state index contributed by atoms with van der Waals surface area (Å²) in [5.74, 6) is 0.794. The molecule has 0 aliphatic heterocycles. The van der Waals surface area contributed by atoms with Gasteiger partial charge in [0.1, 0.15) is 4.87 Å². The van der Waals surface area contributed by atoms with Gasteiger partial charge in [-0.25, -0.2) is 0 Å². The summed E-state index contributed by atoms with van der Waals surface area (Å²) in [5, 5.41) is 12.3. The first-order valence-corrected chi connectivity index (χ1v) is 7.29. The highest BCUT2D eigenvalue weighted by molar-refractivity contribution is 6.37. The molecule has 0 saturated heterocycles. The van der Waals surface area contributed by atoms with Crippen LogP contribution >= 0.6 is 23.2 Å². The molecule has 4 rings (SSSR count). The van der Waals surface area contributed by atoms with E-state index in [9.17, 15) is 10.1 Å². The van der Waals surface area contributed by atoms with Crippen molar-refractivity contribution in [3.63, 3.8) is 0 Å². The molecule has 8 atom stereocenters. The van der Waals surface area contributed by atoms with Gasteiger partial charge in [-0.15, -0.1) is 23.2 Å². The van der Waals surface area contributed by atoms with E-state index in [2.05, 4.69) is 11.4 Å². The average Bonchev–Trinajstić information content (AvgIpc) is 2.29. The van der Waals surface area contributed by atoms with Crippen LogP contribution in [-0.4, -0.2) is 22.2 Å². The number of halogens is 2. The molecule has 4 unspecified atom stereocenters. The van der Waals surface area contributed by atoms with Gasteiger partial charge >= 0.3 is 0 Å². The molecule has 4 saturated carbocycles. The molecule has 0 aromatic carbocycles. The summed E-state index contributed by atoms with van der Waals surface area (Å²) < 4.78 is 0. The van der Waals surface area contributed by atoms with Crippen LogP contribution in [0.1, 0.15) is 13.8 Å². The van der Waals surface area contributed by atoms with Gasteiger partial charge in [0.2, 0.25) is 5.91 Å². The minimum Gasteiger partial charge on any atom is -0.352 e. The quantitative estimate of drug-likeness (QED) is 0.786. The van der Waals surface area contributed by atoms with E-state index < -0.39 is 4.87 Å². The standard InChI is InChI=1S/C13H14Cl2N2O/c1-4(2)17-11(18)13(15)6-5-7(13)9-10(14)8(6)12(5,9)3-16/h4-10H,1-2H3,(H,17,18)/t5?,6-,7+,8+,9-,10?,12?,13?. The number of rotatable bonds is 2. The zero-order valence-electron chi connectivity index (χ0n) is 10.2. The van der Waals surface area contributed by atoms with Crippen LogP contribution in [0.15, 0.2) is 0 Å². The Bertz CT molecular complexity index is 492. The molecule has 1 amide bonds. The van der Waals surface area contributed by atoms with Gasteiger partial charge in [-0.05, 0) is 31.6 Å². The normalized spacial score (nSPS) is 61.3. The number of amides is 1. The van der Waals surface area contributed by atoms with Crippen LogP contribution in [0.4, 0.5) is 0 Å². The SMILES string of the molecule is CC(C)NC(=O)C1(Cl)[C@@H]2C3[C@H]1[C@@H]1C(Cl)[C@H]2C31C#N. The van der Waals surface area contributed by atoms with E-state index in [0.29, 0.717) is 5.92 Å². The lowest BCUT2D eigenvalue weighted by atomic mass is 9.10. The number of nitrogens with zero attached hydrogens (tertiary/aromatic N) is 1. The molecule has 0 bridgehead atoms. The minimum atomic E-state index is -0.783. The van der Waals surface area contributed by atoms with Gasteiger partial charge in [0.15, 0.2) is 0 Å². The van der Waals surface area contributed by atoms with Gasteiger partial charge in [0.05, 0.1) is 11.5 Å². The van der Waals surface area contributed by atoms with E-state index in [1.54, 1.807) is 0 Å². The summed E-state index contributed by atoms with van der Waals surface area (Å²) >= 11 is 12.9. The number of alkyl halides is 2. The molecule has 0 aromatic heterocycles. The highest BCUT2D eigenvalue weighted by atomic mass is 35.5. The van der Waals surface area contributed by atoms with Gasteiger partial charge in [-0.2, -0.15) is 5.26 Å². The Morgan fingerprint density at radius 3 is 2.28 bits per heavy atom. The van der Waals surface area contributed by atoms with Crippen molar-refractivity contribution in [2.45, 2.75) is 30.1 Å². The van der Waals surface area contributed by atoms with Crippen molar-refractivity contribution in [1.82, 2.24) is 5.32 Å². The topological polar surface area (TPSA) is 52.9 Å². The Kier molecular flexibility index (Phi) is 1.79. The molecule has 3 nitrogen and oxygen atoms in total. The second-order valence-corrected chi connectivity index (χ2v) is 7.64. The first-order valence-electron chi connectivity index (χ1n) is 6.47. The van der Waals surface area contributed by atoms with E-state index in [1.807, 2.05) is 13.8 Å². The molecular weight excluding hydrogens is 271 g/mol. The van der Waals surface area contributed by atoms with Crippen LogP contribution in [0.25, 0.3) is 0 Å². The maximum atomic E-state index is 12.3. The average molecular weight is 285 g/mol. The van der Waals surface area contributed by atoms with Gasteiger partial charge < -0.3 is 5.32 Å². The maximum Gasteiger partial charge on any atom is 0.241 e. The predicted octanol–water partition coefficient (Wildman–Crippen LogP) is 1.74. The first-order chi connectivity index (χ1) is 8.42. The zero-order chi connectivity index (χ0) is 13.0. The molecule has 1 N–H and O–H groups in total. The van der Waals surface area contributed by atoms with Crippen molar-refractivity contribution in [2.24, 2.45) is 35.0 Å². The molecular formula is C13H14Cl2N2O. The molecule has 4 aliphatic carbocycles. The van der Waals surface area contributed by atoms with Crippen LogP contribution < -0.4 is 5.32 Å². The number of nitriles is 1. The predicted molar refractivity (Wildman–Crippen MR) is 67.0 cm³/mol. The molecule has 0 aromatic rings. The lowest BCUT2D eigenvalue weighted by Crippen LogP contribution is -2.99. The number of fused-ring (bicyclic) bond motifs is 2. The Morgan fingerprint density at radius 2 is 1.83 bits per heavy atom. The molecule has 5 heteroatoms. The Balaban J connectivity index is 1.64. The number of hydrogen-bond acceptors (Lipinski definition) is 2. The molecule has 0 spiro atoms. The van der Waals surface area contributed by atoms with Crippen LogP contribution in [-0.2, 0) is 4.79 Å². The monoisotopic (exact) mass is 284 g/mol. The van der Waals surface area contributed by atoms with E-state index >= 15 is 0 Å². The van der Waals surface area contributed by atoms with E-state index in [1.165, 1.54) is 0 Å². The van der Waals surface area contributed by atoms with Crippen molar-refractivity contribution in [3.05, 3.63) is 0 Å². The van der Waals surface area contributed by atoms with Crippen LogP contribution in [0.5, 0.6) is 0 Å². The summed E-state index contributed by atoms with van der Waals surface area (Å²) in [5.41, 5.74) is -0.210. The molecule has 4 fully saturated rings. The fourth-order valence-electron chi connectivity index (χ4n) is 5.36. The van der Waals surface area contributed by atoms with Gasteiger partial charge in [0, 0.05) is 23.3 Å². The number of hydrogen-bond donors (Lipinski definition) is 1. The number of carbonyl (C=O) groups excluding carboxylic acids is 1. The second kappa shape index (κ2) is 2.83. The van der Waals surface area contributed by atoms with Gasteiger partial charge in [-0.3, -0.25) is 4.79 Å². The fourth-order valence-corrected chi connectivity index (χ4v) is 6.69. The number of nitrogens with one attached hydrogen (secondary N) is 1. The zero-order valence-corrected chi connectivity index (χ0v) is 11.7. The van der Waals surface area contributed by atoms with E-state index in [4.69, 9.17) is 23.2 Å². The third kappa shape index (κ3) is 0.742. The Hall–Kier alpha value is -0.460. The minimum absolute atomic E-state index is 0.0587. The third-order valence-corrected chi connectivity index (χ3v) is 7.04. The Labute approximate surface area is 116 Å². The second-order valence-electron chi connectivity index (χ2n) is 6.51. The summed E-state index contributed by atoms with van der Waals surface area (Å²) in [6.07, 6.45) is 0. The van der Waals surface area contributed by atoms with Gasteiger partial charge in [-0.1, -0.05) is 0 Å².